The highest BCUT2D eigenvalue weighted by molar-refractivity contribution is 6.29. The summed E-state index contributed by atoms with van der Waals surface area (Å²) >= 11 is 5.81. The standard InChI is InChI=1S/C13H9ClFN3O2/c14-12-6-10(18(19)20)7-13(16-12)17-4-3-8-1-2-9(15)5-11(8)17/h1-2,5-7H,3-4H2. The number of hydrogen-bond acceptors (Lipinski definition) is 4. The Balaban J connectivity index is 2.08. The van der Waals surface area contributed by atoms with E-state index in [9.17, 15) is 14.5 Å². The Hall–Kier alpha value is -2.21. The Labute approximate surface area is 118 Å². The third-order valence-corrected chi connectivity index (χ3v) is 3.39. The van der Waals surface area contributed by atoms with Crippen molar-refractivity contribution >= 4 is 28.8 Å². The fourth-order valence-corrected chi connectivity index (χ4v) is 2.50. The van der Waals surface area contributed by atoms with E-state index in [1.165, 1.54) is 24.3 Å². The van der Waals surface area contributed by atoms with Crippen LogP contribution >= 0.6 is 11.6 Å². The Morgan fingerprint density at radius 3 is 2.90 bits per heavy atom. The van der Waals surface area contributed by atoms with E-state index in [4.69, 9.17) is 11.6 Å². The van der Waals surface area contributed by atoms with E-state index >= 15 is 0 Å². The van der Waals surface area contributed by atoms with Gasteiger partial charge < -0.3 is 4.90 Å². The maximum absolute atomic E-state index is 13.4. The molecule has 0 unspecified atom stereocenters. The maximum atomic E-state index is 13.4. The molecule has 0 amide bonds. The molecule has 0 aliphatic carbocycles. The number of nitrogens with zero attached hydrogens (tertiary/aromatic N) is 3. The molecule has 1 aromatic carbocycles. The van der Waals surface area contributed by atoms with E-state index in [1.54, 1.807) is 11.0 Å². The van der Waals surface area contributed by atoms with E-state index in [-0.39, 0.29) is 16.7 Å². The first kappa shape index (κ1) is 12.8. The van der Waals surface area contributed by atoms with E-state index in [0.29, 0.717) is 18.1 Å². The van der Waals surface area contributed by atoms with Gasteiger partial charge in [-0.15, -0.1) is 0 Å². The number of fused-ring (bicyclic) bond motifs is 1. The van der Waals surface area contributed by atoms with Crippen LogP contribution in [0.1, 0.15) is 5.56 Å². The summed E-state index contributed by atoms with van der Waals surface area (Å²) in [7, 11) is 0. The summed E-state index contributed by atoms with van der Waals surface area (Å²) in [5, 5.41) is 10.9. The molecule has 0 radical (unpaired) electrons. The quantitative estimate of drug-likeness (QED) is 0.483. The lowest BCUT2D eigenvalue weighted by Gasteiger charge is -2.18. The molecule has 0 saturated carbocycles. The second-order valence-electron chi connectivity index (χ2n) is 4.44. The van der Waals surface area contributed by atoms with Crippen LogP contribution in [0.4, 0.5) is 21.6 Å². The fourth-order valence-electron chi connectivity index (χ4n) is 2.30. The van der Waals surface area contributed by atoms with Crippen molar-refractivity contribution in [1.29, 1.82) is 0 Å². The lowest BCUT2D eigenvalue weighted by atomic mass is 10.2. The molecule has 102 valence electrons. The van der Waals surface area contributed by atoms with Crippen molar-refractivity contribution in [2.24, 2.45) is 0 Å². The van der Waals surface area contributed by atoms with Crippen LogP contribution in [0, 0.1) is 15.9 Å². The zero-order chi connectivity index (χ0) is 14.3. The van der Waals surface area contributed by atoms with E-state index in [2.05, 4.69) is 4.98 Å². The Bertz CT molecular complexity index is 708. The first-order valence-corrected chi connectivity index (χ1v) is 6.30. The van der Waals surface area contributed by atoms with Crippen LogP contribution in [0.25, 0.3) is 0 Å². The van der Waals surface area contributed by atoms with Gasteiger partial charge in [-0.3, -0.25) is 10.1 Å². The molecular formula is C13H9ClFN3O2. The lowest BCUT2D eigenvalue weighted by Crippen LogP contribution is -2.15. The minimum atomic E-state index is -0.528. The van der Waals surface area contributed by atoms with Crippen LogP contribution < -0.4 is 4.90 Å². The smallest absolute Gasteiger partial charge is 0.276 e. The fraction of sp³-hybridized carbons (Fsp3) is 0.154. The van der Waals surface area contributed by atoms with Gasteiger partial charge >= 0.3 is 0 Å². The number of hydrogen-bond donors (Lipinski definition) is 0. The van der Waals surface area contributed by atoms with Gasteiger partial charge in [0.2, 0.25) is 0 Å². The summed E-state index contributed by atoms with van der Waals surface area (Å²) in [4.78, 5) is 16.2. The highest BCUT2D eigenvalue weighted by atomic mass is 35.5. The number of rotatable bonds is 2. The van der Waals surface area contributed by atoms with Crippen LogP contribution in [0.15, 0.2) is 30.3 Å². The molecule has 7 heteroatoms. The van der Waals surface area contributed by atoms with Crippen LogP contribution in [0.2, 0.25) is 5.15 Å². The van der Waals surface area contributed by atoms with Crippen molar-refractivity contribution in [3.05, 3.63) is 57.0 Å². The van der Waals surface area contributed by atoms with Crippen LogP contribution in [-0.4, -0.2) is 16.5 Å². The second-order valence-corrected chi connectivity index (χ2v) is 4.83. The minimum Gasteiger partial charge on any atom is -0.325 e. The second kappa shape index (κ2) is 4.72. The van der Waals surface area contributed by atoms with Gasteiger partial charge in [-0.1, -0.05) is 17.7 Å². The van der Waals surface area contributed by atoms with Gasteiger partial charge in [-0.25, -0.2) is 9.37 Å². The Morgan fingerprint density at radius 2 is 2.15 bits per heavy atom. The summed E-state index contributed by atoms with van der Waals surface area (Å²) in [6.45, 7) is 0.587. The average Bonchev–Trinajstić information content (AvgIpc) is 2.80. The van der Waals surface area contributed by atoms with Gasteiger partial charge in [0, 0.05) is 12.2 Å². The van der Waals surface area contributed by atoms with Gasteiger partial charge in [0.25, 0.3) is 5.69 Å². The highest BCUT2D eigenvalue weighted by Gasteiger charge is 2.24. The zero-order valence-electron chi connectivity index (χ0n) is 10.2. The highest BCUT2D eigenvalue weighted by Crippen LogP contribution is 2.35. The van der Waals surface area contributed by atoms with E-state index in [0.717, 1.165) is 12.0 Å². The van der Waals surface area contributed by atoms with Crippen molar-refractivity contribution in [1.82, 2.24) is 4.98 Å². The first-order valence-electron chi connectivity index (χ1n) is 5.92. The zero-order valence-corrected chi connectivity index (χ0v) is 11.0. The van der Waals surface area contributed by atoms with Crippen molar-refractivity contribution in [2.45, 2.75) is 6.42 Å². The first-order chi connectivity index (χ1) is 9.54. The van der Waals surface area contributed by atoms with Gasteiger partial charge in [-0.05, 0) is 24.1 Å². The molecule has 5 nitrogen and oxygen atoms in total. The number of benzene rings is 1. The number of aromatic nitrogens is 1. The molecular weight excluding hydrogens is 285 g/mol. The molecule has 1 aliphatic heterocycles. The number of nitro groups is 1. The van der Waals surface area contributed by atoms with Gasteiger partial charge in [0.15, 0.2) is 0 Å². The molecule has 0 fully saturated rings. The number of pyridine rings is 1. The van der Waals surface area contributed by atoms with Gasteiger partial charge in [0.1, 0.15) is 16.8 Å². The molecule has 0 bridgehead atoms. The van der Waals surface area contributed by atoms with Crippen LogP contribution in [0.3, 0.4) is 0 Å². The molecule has 20 heavy (non-hydrogen) atoms. The predicted octanol–water partition coefficient (Wildman–Crippen LogP) is 3.48. The van der Waals surface area contributed by atoms with Gasteiger partial charge in [-0.2, -0.15) is 0 Å². The van der Waals surface area contributed by atoms with E-state index in [1.807, 2.05) is 0 Å². The van der Waals surface area contributed by atoms with Crippen molar-refractivity contribution in [3.8, 4) is 0 Å². The molecule has 1 aliphatic rings. The Morgan fingerprint density at radius 1 is 1.35 bits per heavy atom. The molecule has 2 heterocycles. The third-order valence-electron chi connectivity index (χ3n) is 3.20. The SMILES string of the molecule is O=[N+]([O-])c1cc(Cl)nc(N2CCc3ccc(F)cc32)c1. The lowest BCUT2D eigenvalue weighted by molar-refractivity contribution is -0.384. The summed E-state index contributed by atoms with van der Waals surface area (Å²) in [5.41, 5.74) is 1.52. The van der Waals surface area contributed by atoms with Crippen molar-refractivity contribution < 1.29 is 9.31 Å². The molecule has 0 atom stereocenters. The summed E-state index contributed by atoms with van der Waals surface area (Å²) in [6.07, 6.45) is 0.734. The van der Waals surface area contributed by atoms with Gasteiger partial charge in [0.05, 0.1) is 17.1 Å². The number of anilines is 2. The molecule has 3 rings (SSSR count). The maximum Gasteiger partial charge on any atom is 0.276 e. The normalized spacial score (nSPS) is 13.4. The summed E-state index contributed by atoms with van der Waals surface area (Å²) in [5.74, 6) is 0.000674. The molecule has 1 aromatic heterocycles. The monoisotopic (exact) mass is 293 g/mol. The Kier molecular flexibility index (Phi) is 3.02. The minimum absolute atomic E-state index is 0.0408. The topological polar surface area (TPSA) is 59.3 Å². The molecule has 0 N–H and O–H groups in total. The van der Waals surface area contributed by atoms with Crippen LogP contribution in [-0.2, 0) is 6.42 Å². The van der Waals surface area contributed by atoms with Crippen molar-refractivity contribution in [3.63, 3.8) is 0 Å². The van der Waals surface area contributed by atoms with Crippen LogP contribution in [0.5, 0.6) is 0 Å². The van der Waals surface area contributed by atoms with E-state index < -0.39 is 4.92 Å². The number of halogens is 2. The summed E-state index contributed by atoms with van der Waals surface area (Å²) < 4.78 is 13.4. The molecule has 0 saturated heterocycles. The predicted molar refractivity (Wildman–Crippen MR) is 73.0 cm³/mol. The average molecular weight is 294 g/mol. The molecule has 2 aromatic rings. The molecule has 0 spiro atoms. The largest absolute Gasteiger partial charge is 0.325 e. The third kappa shape index (κ3) is 2.18. The summed E-state index contributed by atoms with van der Waals surface area (Å²) in [6, 6.07) is 7.04. The van der Waals surface area contributed by atoms with Crippen molar-refractivity contribution in [2.75, 3.05) is 11.4 Å².